The molecule has 10 nitrogen and oxygen atoms in total. The number of aliphatic hydroxyl groups is 1. The summed E-state index contributed by atoms with van der Waals surface area (Å²) in [4.78, 5) is 64.2. The molecule has 3 N–H and O–H groups in total. The first-order chi connectivity index (χ1) is 18.7. The molecule has 10 heteroatoms. The lowest BCUT2D eigenvalue weighted by Gasteiger charge is -2.29. The molecule has 1 aliphatic rings. The first-order valence-corrected chi connectivity index (χ1v) is 14.4. The lowest BCUT2D eigenvalue weighted by Crippen LogP contribution is -2.55. The van der Waals surface area contributed by atoms with Crippen LogP contribution in [0.25, 0.3) is 0 Å². The number of allylic oxidation sites excluding steroid dienone is 1. The number of rotatable bonds is 11. The number of cyclic esters (lactones) is 1. The van der Waals surface area contributed by atoms with E-state index in [0.29, 0.717) is 12.8 Å². The highest BCUT2D eigenvalue weighted by Crippen LogP contribution is 2.23. The Bertz CT molecular complexity index is 926. The summed E-state index contributed by atoms with van der Waals surface area (Å²) >= 11 is 0. The van der Waals surface area contributed by atoms with Crippen LogP contribution >= 0.6 is 0 Å². The molecule has 1 heterocycles. The van der Waals surface area contributed by atoms with Crippen molar-refractivity contribution in [3.63, 3.8) is 0 Å². The number of ether oxygens (including phenoxy) is 1. The number of esters is 1. The number of Topliss-reactive ketones (excluding diaryl/α,β-unsaturated/α-hetero) is 1. The van der Waals surface area contributed by atoms with E-state index in [1.165, 1.54) is 52.2 Å². The van der Waals surface area contributed by atoms with Crippen LogP contribution in [0.2, 0.25) is 0 Å². The van der Waals surface area contributed by atoms with Gasteiger partial charge >= 0.3 is 5.97 Å². The Hall–Kier alpha value is -3.01. The number of hydrogen-bond donors (Lipinski definition) is 3. The summed E-state index contributed by atoms with van der Waals surface area (Å²) in [7, 11) is 1.42. The van der Waals surface area contributed by atoms with Gasteiger partial charge in [-0.1, -0.05) is 78.7 Å². The number of amides is 3. The lowest BCUT2D eigenvalue weighted by atomic mass is 9.85. The third-order valence-corrected chi connectivity index (χ3v) is 7.08. The van der Waals surface area contributed by atoms with Gasteiger partial charge in [0.05, 0.1) is 12.5 Å². The number of ketones is 1. The molecule has 1 rings (SSSR count). The number of nitrogens with one attached hydrogen (secondary N) is 2. The third kappa shape index (κ3) is 12.9. The molecule has 0 aromatic rings. The average Bonchev–Trinajstić information content (AvgIpc) is 2.88. The van der Waals surface area contributed by atoms with Crippen LogP contribution in [0.15, 0.2) is 24.4 Å². The highest BCUT2D eigenvalue weighted by atomic mass is 16.5. The van der Waals surface area contributed by atoms with Crippen LogP contribution in [0.4, 0.5) is 0 Å². The smallest absolute Gasteiger partial charge is 0.325 e. The van der Waals surface area contributed by atoms with Gasteiger partial charge in [0.1, 0.15) is 12.6 Å². The van der Waals surface area contributed by atoms with Crippen LogP contribution < -0.4 is 10.6 Å². The van der Waals surface area contributed by atoms with Gasteiger partial charge in [0.15, 0.2) is 11.4 Å². The second kappa shape index (κ2) is 17.6. The maximum absolute atomic E-state index is 13.2. The van der Waals surface area contributed by atoms with Gasteiger partial charge in [-0.05, 0) is 31.8 Å². The van der Waals surface area contributed by atoms with E-state index in [2.05, 4.69) is 31.1 Å². The molecule has 0 aromatic heterocycles. The number of carbonyl (C=O) groups excluding carboxylic acids is 5. The van der Waals surface area contributed by atoms with Crippen LogP contribution in [0.1, 0.15) is 91.9 Å². The van der Waals surface area contributed by atoms with Crippen molar-refractivity contribution in [3.8, 4) is 0 Å². The van der Waals surface area contributed by atoms with Crippen molar-refractivity contribution < 1.29 is 33.8 Å². The predicted molar refractivity (Wildman–Crippen MR) is 153 cm³/mol. The van der Waals surface area contributed by atoms with Crippen LogP contribution in [-0.4, -0.2) is 71.3 Å². The number of unbranched alkanes of at least 4 members (excludes halogenated alkanes) is 7. The van der Waals surface area contributed by atoms with Crippen molar-refractivity contribution in [2.75, 3.05) is 20.1 Å². The van der Waals surface area contributed by atoms with Gasteiger partial charge in [0.2, 0.25) is 11.8 Å². The summed E-state index contributed by atoms with van der Waals surface area (Å²) in [6.45, 7) is 9.76. The summed E-state index contributed by atoms with van der Waals surface area (Å²) < 4.78 is 5.63. The molecular weight excluding hydrogens is 514 g/mol. The Kier molecular flexibility index (Phi) is 15.4. The first-order valence-electron chi connectivity index (χ1n) is 14.4. The van der Waals surface area contributed by atoms with Gasteiger partial charge in [0, 0.05) is 18.8 Å². The van der Waals surface area contributed by atoms with E-state index in [-0.39, 0.29) is 12.2 Å². The fourth-order valence-electron chi connectivity index (χ4n) is 4.47. The Balaban J connectivity index is 2.88. The summed E-state index contributed by atoms with van der Waals surface area (Å²) in [5.41, 5.74) is -2.37. The zero-order valence-corrected chi connectivity index (χ0v) is 24.9. The molecule has 40 heavy (non-hydrogen) atoms. The van der Waals surface area contributed by atoms with Crippen molar-refractivity contribution in [2.24, 2.45) is 11.8 Å². The summed E-state index contributed by atoms with van der Waals surface area (Å²) in [5.74, 6) is -4.02. The average molecular weight is 564 g/mol. The maximum Gasteiger partial charge on any atom is 0.325 e. The minimum absolute atomic E-state index is 0.0792. The highest BCUT2D eigenvalue weighted by molar-refractivity contribution is 6.10. The van der Waals surface area contributed by atoms with Gasteiger partial charge < -0.3 is 25.4 Å². The minimum Gasteiger partial charge on any atom is -0.460 e. The molecule has 1 aliphatic heterocycles. The van der Waals surface area contributed by atoms with Gasteiger partial charge in [-0.3, -0.25) is 24.0 Å². The second-order valence-electron chi connectivity index (χ2n) is 11.3. The van der Waals surface area contributed by atoms with Gasteiger partial charge in [-0.2, -0.15) is 0 Å². The predicted octanol–water partition coefficient (Wildman–Crippen LogP) is 3.19. The Morgan fingerprint density at radius 2 is 1.60 bits per heavy atom. The molecule has 0 radical (unpaired) electrons. The fourth-order valence-corrected chi connectivity index (χ4v) is 4.47. The van der Waals surface area contributed by atoms with Gasteiger partial charge in [-0.15, -0.1) is 0 Å². The molecule has 0 spiro atoms. The molecule has 3 amide bonds. The monoisotopic (exact) mass is 563 g/mol. The number of carbonyl (C=O) groups is 5. The zero-order valence-electron chi connectivity index (χ0n) is 24.9. The lowest BCUT2D eigenvalue weighted by molar-refractivity contribution is -0.162. The number of likely N-dealkylation sites (N-methyl/N-ethyl adjacent to an activating group) is 1. The molecule has 226 valence electrons. The standard InChI is InChI=1S/C30H49N3O7/c1-21(2)15-13-11-9-7-8-10-12-14-16-24-23(4)28(37)30(5,39)29(38)31-19-25(34)32-22(3)17-18-26(35)33(6)20-27(36)40-24/h17-18,21,23-24,39H,3,7-16,19-20H2,1-2,4-6H3,(H,31,38)(H,32,34)/b18-17-/t23-,24-,30-/m0/s1. The zero-order chi connectivity index (χ0) is 30.3. The number of hydrogen-bond acceptors (Lipinski definition) is 7. The molecule has 0 unspecified atom stereocenters. The van der Waals surface area contributed by atoms with E-state index < -0.39 is 53.6 Å². The molecule has 0 aromatic carbocycles. The second-order valence-corrected chi connectivity index (χ2v) is 11.3. The topological polar surface area (TPSA) is 142 Å². The summed E-state index contributed by atoms with van der Waals surface area (Å²) in [5, 5.41) is 15.4. The van der Waals surface area contributed by atoms with Crippen LogP contribution in [0.3, 0.4) is 0 Å². The highest BCUT2D eigenvalue weighted by Gasteiger charge is 2.44. The van der Waals surface area contributed by atoms with Gasteiger partial charge in [-0.25, -0.2) is 0 Å². The Morgan fingerprint density at radius 3 is 2.20 bits per heavy atom. The first kappa shape index (κ1) is 35.0. The van der Waals surface area contributed by atoms with Gasteiger partial charge in [0.25, 0.3) is 5.91 Å². The normalized spacial score (nSPS) is 24.9. The van der Waals surface area contributed by atoms with Crippen LogP contribution in [0, 0.1) is 11.8 Å². The Labute approximate surface area is 239 Å². The molecule has 0 saturated heterocycles. The van der Waals surface area contributed by atoms with E-state index in [9.17, 15) is 29.1 Å². The molecule has 0 fully saturated rings. The molecule has 0 aliphatic carbocycles. The van der Waals surface area contributed by atoms with Crippen LogP contribution in [0.5, 0.6) is 0 Å². The van der Waals surface area contributed by atoms with Crippen molar-refractivity contribution in [1.29, 1.82) is 0 Å². The molecule has 0 saturated carbocycles. The van der Waals surface area contributed by atoms with Crippen molar-refractivity contribution >= 4 is 29.5 Å². The Morgan fingerprint density at radius 1 is 1.02 bits per heavy atom. The maximum atomic E-state index is 13.2. The third-order valence-electron chi connectivity index (χ3n) is 7.08. The summed E-state index contributed by atoms with van der Waals surface area (Å²) in [6, 6.07) is 0. The van der Waals surface area contributed by atoms with Crippen molar-refractivity contribution in [2.45, 2.75) is 104 Å². The van der Waals surface area contributed by atoms with E-state index in [0.717, 1.165) is 43.1 Å². The minimum atomic E-state index is -2.45. The fraction of sp³-hybridized carbons (Fsp3) is 0.700. The quantitative estimate of drug-likeness (QED) is 0.199. The van der Waals surface area contributed by atoms with E-state index in [1.54, 1.807) is 0 Å². The molecule has 3 atom stereocenters. The van der Waals surface area contributed by atoms with Crippen molar-refractivity contribution in [3.05, 3.63) is 24.4 Å². The number of nitrogens with zero attached hydrogens (tertiary/aromatic N) is 1. The van der Waals surface area contributed by atoms with E-state index in [4.69, 9.17) is 4.74 Å². The SMILES string of the molecule is C=C1/C=C\C(=O)N(C)CC(=O)O[C@@H](CCCCCCCCCCC(C)C)[C@H](C)C(=O)[C@](C)(O)C(=O)NCC(=O)N1. The molecule has 0 bridgehead atoms. The van der Waals surface area contributed by atoms with Crippen LogP contribution in [-0.2, 0) is 28.7 Å². The summed E-state index contributed by atoms with van der Waals surface area (Å²) in [6.07, 6.45) is 11.7. The van der Waals surface area contributed by atoms with E-state index in [1.807, 2.05) is 0 Å². The van der Waals surface area contributed by atoms with E-state index >= 15 is 0 Å². The largest absolute Gasteiger partial charge is 0.460 e. The van der Waals surface area contributed by atoms with Crippen molar-refractivity contribution in [1.82, 2.24) is 15.5 Å². The molecular formula is C30H49N3O7.